The van der Waals surface area contributed by atoms with E-state index in [0.717, 1.165) is 12.8 Å². The molecule has 0 bridgehead atoms. The van der Waals surface area contributed by atoms with E-state index in [4.69, 9.17) is 0 Å². The first kappa shape index (κ1) is 13.0. The van der Waals surface area contributed by atoms with Crippen LogP contribution in [0, 0.1) is 0 Å². The van der Waals surface area contributed by atoms with Gasteiger partial charge in [-0.15, -0.1) is 0 Å². The molecular formula is C11H21N3O2. The van der Waals surface area contributed by atoms with Gasteiger partial charge in [-0.1, -0.05) is 13.8 Å². The first-order chi connectivity index (χ1) is 7.69. The average Bonchev–Trinajstić information content (AvgIpc) is 3.02. The number of carbonyl (C=O) groups excluding carboxylic acids is 2. The molecule has 1 aliphatic rings. The van der Waals surface area contributed by atoms with Crippen LogP contribution in [0.2, 0.25) is 0 Å². The summed E-state index contributed by atoms with van der Waals surface area (Å²) in [5, 5.41) is 5.62. The maximum Gasteiger partial charge on any atom is 0.238 e. The maximum atomic E-state index is 11.5. The van der Waals surface area contributed by atoms with Crippen LogP contribution in [-0.4, -0.2) is 48.9 Å². The topological polar surface area (TPSA) is 61.2 Å². The molecule has 1 saturated heterocycles. The van der Waals surface area contributed by atoms with E-state index in [0.29, 0.717) is 26.2 Å². The minimum atomic E-state index is -0.0843. The Kier molecular flexibility index (Phi) is 5.25. The van der Waals surface area contributed by atoms with Gasteiger partial charge >= 0.3 is 0 Å². The normalized spacial score (nSPS) is 22.6. The molecule has 5 heteroatoms. The first-order valence-electron chi connectivity index (χ1n) is 5.97. The summed E-state index contributed by atoms with van der Waals surface area (Å²) in [4.78, 5) is 24.7. The van der Waals surface area contributed by atoms with Gasteiger partial charge in [-0.2, -0.15) is 0 Å². The lowest BCUT2D eigenvalue weighted by molar-refractivity contribution is -0.122. The average molecular weight is 227 g/mol. The molecule has 0 aromatic carbocycles. The van der Waals surface area contributed by atoms with Crippen LogP contribution in [-0.2, 0) is 9.59 Å². The summed E-state index contributed by atoms with van der Waals surface area (Å²) < 4.78 is 0. The van der Waals surface area contributed by atoms with Crippen molar-refractivity contribution in [1.82, 2.24) is 15.5 Å². The SMILES string of the molecule is CCCNC(=O)CN1CC1C(=O)NCCC. The van der Waals surface area contributed by atoms with Crippen LogP contribution in [0.4, 0.5) is 0 Å². The molecule has 0 radical (unpaired) electrons. The lowest BCUT2D eigenvalue weighted by Gasteiger charge is -2.05. The maximum absolute atomic E-state index is 11.5. The number of hydrogen-bond acceptors (Lipinski definition) is 3. The van der Waals surface area contributed by atoms with Crippen LogP contribution in [0.15, 0.2) is 0 Å². The van der Waals surface area contributed by atoms with Crippen molar-refractivity contribution in [3.8, 4) is 0 Å². The summed E-state index contributed by atoms with van der Waals surface area (Å²) in [6.07, 6.45) is 1.88. The van der Waals surface area contributed by atoms with E-state index in [1.165, 1.54) is 0 Å². The fourth-order valence-corrected chi connectivity index (χ4v) is 1.47. The van der Waals surface area contributed by atoms with E-state index in [1.54, 1.807) is 0 Å². The highest BCUT2D eigenvalue weighted by Crippen LogP contribution is 2.16. The van der Waals surface area contributed by atoms with E-state index >= 15 is 0 Å². The molecule has 1 fully saturated rings. The zero-order valence-electron chi connectivity index (χ0n) is 10.1. The second kappa shape index (κ2) is 6.48. The third-order valence-corrected chi connectivity index (χ3v) is 2.49. The van der Waals surface area contributed by atoms with Gasteiger partial charge in [-0.3, -0.25) is 14.5 Å². The second-order valence-electron chi connectivity index (χ2n) is 4.09. The van der Waals surface area contributed by atoms with Gasteiger partial charge in [0.2, 0.25) is 11.8 Å². The molecule has 2 amide bonds. The van der Waals surface area contributed by atoms with Crippen LogP contribution in [0.3, 0.4) is 0 Å². The molecule has 0 aliphatic carbocycles. The summed E-state index contributed by atoms with van der Waals surface area (Å²) in [7, 11) is 0. The second-order valence-corrected chi connectivity index (χ2v) is 4.09. The molecule has 92 valence electrons. The summed E-state index contributed by atoms with van der Waals surface area (Å²) in [6.45, 7) is 6.49. The first-order valence-corrected chi connectivity index (χ1v) is 5.97. The highest BCUT2D eigenvalue weighted by Gasteiger charge is 2.40. The van der Waals surface area contributed by atoms with Gasteiger partial charge in [0.25, 0.3) is 0 Å². The molecule has 0 aromatic heterocycles. The fraction of sp³-hybridized carbons (Fsp3) is 0.818. The third-order valence-electron chi connectivity index (χ3n) is 2.49. The molecule has 16 heavy (non-hydrogen) atoms. The largest absolute Gasteiger partial charge is 0.355 e. The number of nitrogens with zero attached hydrogens (tertiary/aromatic N) is 1. The molecule has 5 nitrogen and oxygen atoms in total. The number of rotatable bonds is 7. The van der Waals surface area contributed by atoms with Crippen molar-refractivity contribution < 1.29 is 9.59 Å². The Balaban J connectivity index is 2.13. The smallest absolute Gasteiger partial charge is 0.238 e. The molecule has 2 atom stereocenters. The van der Waals surface area contributed by atoms with Gasteiger partial charge in [0.05, 0.1) is 6.54 Å². The quantitative estimate of drug-likeness (QED) is 0.588. The molecule has 2 N–H and O–H groups in total. The Labute approximate surface area is 96.6 Å². The summed E-state index contributed by atoms with van der Waals surface area (Å²) in [6, 6.07) is -0.0843. The number of carbonyl (C=O) groups is 2. The molecule has 1 heterocycles. The fourth-order valence-electron chi connectivity index (χ4n) is 1.47. The van der Waals surface area contributed by atoms with Gasteiger partial charge in [0.15, 0.2) is 0 Å². The minimum Gasteiger partial charge on any atom is -0.355 e. The molecule has 0 spiro atoms. The van der Waals surface area contributed by atoms with Crippen molar-refractivity contribution in [2.75, 3.05) is 26.2 Å². The van der Waals surface area contributed by atoms with Gasteiger partial charge in [-0.05, 0) is 12.8 Å². The highest BCUT2D eigenvalue weighted by atomic mass is 16.2. The Bertz CT molecular complexity index is 256. The van der Waals surface area contributed by atoms with Gasteiger partial charge in [-0.25, -0.2) is 0 Å². The molecule has 1 aliphatic heterocycles. The molecule has 2 unspecified atom stereocenters. The van der Waals surface area contributed by atoms with Crippen molar-refractivity contribution >= 4 is 11.8 Å². The third kappa shape index (κ3) is 4.18. The summed E-state index contributed by atoms with van der Waals surface area (Å²) in [5.74, 6) is 0.0535. The van der Waals surface area contributed by atoms with Crippen molar-refractivity contribution in [2.45, 2.75) is 32.7 Å². The van der Waals surface area contributed by atoms with E-state index < -0.39 is 0 Å². The lowest BCUT2D eigenvalue weighted by Crippen LogP contribution is -2.34. The predicted octanol–water partition coefficient (Wildman–Crippen LogP) is -0.277. The van der Waals surface area contributed by atoms with Crippen molar-refractivity contribution in [2.24, 2.45) is 0 Å². The van der Waals surface area contributed by atoms with Gasteiger partial charge in [0.1, 0.15) is 6.04 Å². The molecule has 0 aromatic rings. The summed E-state index contributed by atoms with van der Waals surface area (Å²) >= 11 is 0. The Morgan fingerprint density at radius 3 is 2.44 bits per heavy atom. The Hall–Kier alpha value is -1.10. The van der Waals surface area contributed by atoms with Crippen LogP contribution in [0.25, 0.3) is 0 Å². The van der Waals surface area contributed by atoms with E-state index in [-0.39, 0.29) is 17.9 Å². The highest BCUT2D eigenvalue weighted by molar-refractivity contribution is 5.86. The Morgan fingerprint density at radius 2 is 1.81 bits per heavy atom. The number of hydrogen-bond donors (Lipinski definition) is 2. The van der Waals surface area contributed by atoms with Crippen molar-refractivity contribution in [3.05, 3.63) is 0 Å². The Morgan fingerprint density at radius 1 is 1.19 bits per heavy atom. The molecule has 0 saturated carbocycles. The van der Waals surface area contributed by atoms with Crippen molar-refractivity contribution in [1.29, 1.82) is 0 Å². The minimum absolute atomic E-state index is 0.00708. The lowest BCUT2D eigenvalue weighted by atomic mass is 10.4. The van der Waals surface area contributed by atoms with E-state index in [9.17, 15) is 9.59 Å². The van der Waals surface area contributed by atoms with Gasteiger partial charge < -0.3 is 10.6 Å². The molecular weight excluding hydrogens is 206 g/mol. The van der Waals surface area contributed by atoms with E-state index in [2.05, 4.69) is 10.6 Å². The van der Waals surface area contributed by atoms with Gasteiger partial charge in [0, 0.05) is 19.6 Å². The number of amides is 2. The number of nitrogens with one attached hydrogen (secondary N) is 2. The van der Waals surface area contributed by atoms with Crippen LogP contribution in [0.5, 0.6) is 0 Å². The predicted molar refractivity (Wildman–Crippen MR) is 62.0 cm³/mol. The molecule has 1 rings (SSSR count). The van der Waals surface area contributed by atoms with Crippen LogP contribution >= 0.6 is 0 Å². The van der Waals surface area contributed by atoms with Crippen molar-refractivity contribution in [3.63, 3.8) is 0 Å². The zero-order chi connectivity index (χ0) is 12.0. The summed E-state index contributed by atoms with van der Waals surface area (Å²) in [5.41, 5.74) is 0. The monoisotopic (exact) mass is 227 g/mol. The van der Waals surface area contributed by atoms with E-state index in [1.807, 2.05) is 18.7 Å². The van der Waals surface area contributed by atoms with Crippen LogP contribution < -0.4 is 10.6 Å². The standard InChI is InChI=1S/C11H21N3O2/c1-3-5-12-10(15)8-14-7-9(14)11(16)13-6-4-2/h9H,3-8H2,1-2H3,(H,12,15)(H,13,16). The zero-order valence-corrected chi connectivity index (χ0v) is 10.1. The van der Waals surface area contributed by atoms with Crippen LogP contribution in [0.1, 0.15) is 26.7 Å².